The summed E-state index contributed by atoms with van der Waals surface area (Å²) in [4.78, 5) is 28.7. The molecule has 3 fully saturated rings. The van der Waals surface area contributed by atoms with Gasteiger partial charge < -0.3 is 19.7 Å². The Morgan fingerprint density at radius 1 is 1.30 bits per heavy atom. The molecule has 3 heterocycles. The molecular weight excluding hydrogens is 380 g/mol. The smallest absolute Gasteiger partial charge is 0.230 e. The molecular formula is C24H30N2O4. The van der Waals surface area contributed by atoms with E-state index in [1.807, 2.05) is 49.1 Å². The van der Waals surface area contributed by atoms with Gasteiger partial charge in [0.05, 0.1) is 37.1 Å². The second-order valence-corrected chi connectivity index (χ2v) is 9.47. The van der Waals surface area contributed by atoms with E-state index in [-0.39, 0.29) is 24.0 Å². The number of nitrogens with zero attached hydrogens (tertiary/aromatic N) is 1. The fourth-order valence-electron chi connectivity index (χ4n) is 5.97. The maximum atomic E-state index is 13.7. The van der Waals surface area contributed by atoms with Crippen LogP contribution in [-0.2, 0) is 19.9 Å². The predicted octanol–water partition coefficient (Wildman–Crippen LogP) is 2.77. The lowest BCUT2D eigenvalue weighted by molar-refractivity contribution is -0.139. The third kappa shape index (κ3) is 2.73. The molecule has 6 nitrogen and oxygen atoms in total. The second kappa shape index (κ2) is 6.84. The van der Waals surface area contributed by atoms with Crippen molar-refractivity contribution in [1.82, 2.24) is 10.2 Å². The van der Waals surface area contributed by atoms with Crippen molar-refractivity contribution in [2.75, 3.05) is 13.7 Å². The average molecular weight is 411 g/mol. The van der Waals surface area contributed by atoms with E-state index in [0.717, 1.165) is 37.0 Å². The Balaban J connectivity index is 1.44. The predicted molar refractivity (Wildman–Crippen MR) is 112 cm³/mol. The summed E-state index contributed by atoms with van der Waals surface area (Å²) in [7, 11) is 1.66. The molecule has 1 aliphatic carbocycles. The number of amides is 2. The van der Waals surface area contributed by atoms with Crippen LogP contribution in [0.15, 0.2) is 36.4 Å². The number of carbonyl (C=O) groups is 2. The molecule has 30 heavy (non-hydrogen) atoms. The van der Waals surface area contributed by atoms with Gasteiger partial charge in [0.25, 0.3) is 0 Å². The Bertz CT molecular complexity index is 904. The van der Waals surface area contributed by atoms with E-state index in [2.05, 4.69) is 11.4 Å². The molecule has 1 aromatic carbocycles. The summed E-state index contributed by atoms with van der Waals surface area (Å²) in [5, 5.41) is 3.38. The van der Waals surface area contributed by atoms with Crippen LogP contribution in [0.3, 0.4) is 0 Å². The van der Waals surface area contributed by atoms with Crippen molar-refractivity contribution in [3.05, 3.63) is 42.0 Å². The van der Waals surface area contributed by atoms with E-state index in [1.54, 1.807) is 7.11 Å². The molecule has 5 rings (SSSR count). The number of ether oxygens (including phenoxy) is 2. The highest BCUT2D eigenvalue weighted by Gasteiger charge is 2.67. The van der Waals surface area contributed by atoms with E-state index >= 15 is 0 Å². The number of carbonyl (C=O) groups excluding carboxylic acids is 2. The van der Waals surface area contributed by atoms with Gasteiger partial charge in [-0.15, -0.1) is 0 Å². The molecule has 0 aromatic heterocycles. The highest BCUT2D eigenvalue weighted by molar-refractivity contribution is 5.93. The summed E-state index contributed by atoms with van der Waals surface area (Å²) in [6.07, 6.45) is 7.58. The largest absolute Gasteiger partial charge is 0.497 e. The van der Waals surface area contributed by atoms with Crippen molar-refractivity contribution < 1.29 is 19.1 Å². The molecule has 0 unspecified atom stereocenters. The second-order valence-electron chi connectivity index (χ2n) is 9.47. The summed E-state index contributed by atoms with van der Waals surface area (Å²) in [6, 6.07) is 8.07. The van der Waals surface area contributed by atoms with E-state index < -0.39 is 23.0 Å². The minimum absolute atomic E-state index is 0.0406. The van der Waals surface area contributed by atoms with Crippen molar-refractivity contribution in [3.8, 4) is 5.75 Å². The van der Waals surface area contributed by atoms with Crippen LogP contribution in [0.2, 0.25) is 0 Å². The van der Waals surface area contributed by atoms with Gasteiger partial charge in [-0.1, -0.05) is 37.1 Å². The van der Waals surface area contributed by atoms with Crippen molar-refractivity contribution in [2.45, 2.75) is 62.8 Å². The van der Waals surface area contributed by atoms with E-state index in [4.69, 9.17) is 9.47 Å². The molecule has 6 heteroatoms. The molecule has 1 N–H and O–H groups in total. The molecule has 4 aliphatic rings. The summed E-state index contributed by atoms with van der Waals surface area (Å²) in [5.41, 5.74) is 0.0138. The third-order valence-electron chi connectivity index (χ3n) is 7.50. The number of rotatable bonds is 5. The summed E-state index contributed by atoms with van der Waals surface area (Å²) in [6.45, 7) is 4.56. The van der Waals surface area contributed by atoms with Crippen molar-refractivity contribution in [1.29, 1.82) is 0 Å². The quantitative estimate of drug-likeness (QED) is 0.758. The van der Waals surface area contributed by atoms with Gasteiger partial charge in [0.2, 0.25) is 11.8 Å². The molecule has 2 bridgehead atoms. The number of likely N-dealkylation sites (tertiary alicyclic amines) is 1. The first-order valence-corrected chi connectivity index (χ1v) is 11.0. The number of methoxy groups -OCH3 is 1. The molecule has 1 saturated carbocycles. The van der Waals surface area contributed by atoms with E-state index in [9.17, 15) is 9.59 Å². The molecule has 4 atom stereocenters. The fourth-order valence-corrected chi connectivity index (χ4v) is 5.97. The van der Waals surface area contributed by atoms with Gasteiger partial charge in [-0.05, 0) is 44.4 Å². The lowest BCUT2D eigenvalue weighted by Gasteiger charge is -2.34. The van der Waals surface area contributed by atoms with Crippen LogP contribution in [0.1, 0.15) is 45.1 Å². The Hall–Kier alpha value is -2.34. The van der Waals surface area contributed by atoms with Crippen LogP contribution in [0, 0.1) is 11.8 Å². The van der Waals surface area contributed by atoms with Crippen molar-refractivity contribution in [3.63, 3.8) is 0 Å². The average Bonchev–Trinajstić information content (AvgIpc) is 3.49. The molecule has 0 radical (unpaired) electrons. The van der Waals surface area contributed by atoms with Crippen LogP contribution in [0.25, 0.3) is 0 Å². The van der Waals surface area contributed by atoms with E-state index in [0.29, 0.717) is 6.54 Å². The first kappa shape index (κ1) is 19.6. The zero-order chi connectivity index (χ0) is 21.1. The maximum absolute atomic E-state index is 13.7. The summed E-state index contributed by atoms with van der Waals surface area (Å²) >= 11 is 0. The van der Waals surface area contributed by atoms with Gasteiger partial charge in [-0.2, -0.15) is 0 Å². The minimum atomic E-state index is -0.646. The Morgan fingerprint density at radius 3 is 2.77 bits per heavy atom. The Kier molecular flexibility index (Phi) is 4.47. The zero-order valence-electron chi connectivity index (χ0n) is 17.9. The van der Waals surface area contributed by atoms with Gasteiger partial charge in [0, 0.05) is 6.04 Å². The van der Waals surface area contributed by atoms with Gasteiger partial charge in [0.1, 0.15) is 11.4 Å². The number of nitrogens with one attached hydrogen (secondary N) is 1. The lowest BCUT2D eigenvalue weighted by Crippen LogP contribution is -2.51. The van der Waals surface area contributed by atoms with Gasteiger partial charge >= 0.3 is 0 Å². The standard InChI is InChI=1S/C24H30N2O4/c1-15(2)26-14-24-12-9-18(30-24)19(20(24)22(26)28)21(27)25-23(10-4-5-11-23)16-7-6-8-17(13-16)29-3/h6-9,12-13,15,18-20H,4-5,10-11,14H2,1-3H3,(H,25,27)/t18-,19-,20-,24+/m1/s1. The fraction of sp³-hybridized carbons (Fsp3) is 0.583. The zero-order valence-corrected chi connectivity index (χ0v) is 17.9. The van der Waals surface area contributed by atoms with Crippen LogP contribution in [0.5, 0.6) is 5.75 Å². The minimum Gasteiger partial charge on any atom is -0.497 e. The summed E-state index contributed by atoms with van der Waals surface area (Å²) in [5.74, 6) is -0.150. The van der Waals surface area contributed by atoms with Crippen LogP contribution in [0.4, 0.5) is 0 Å². The Labute approximate surface area is 177 Å². The molecule has 2 saturated heterocycles. The first-order chi connectivity index (χ1) is 14.4. The van der Waals surface area contributed by atoms with Crippen LogP contribution >= 0.6 is 0 Å². The van der Waals surface area contributed by atoms with E-state index in [1.165, 1.54) is 0 Å². The molecule has 160 valence electrons. The highest BCUT2D eigenvalue weighted by atomic mass is 16.5. The normalized spacial score (nSPS) is 33.4. The molecule has 1 aromatic rings. The van der Waals surface area contributed by atoms with Gasteiger partial charge in [-0.3, -0.25) is 9.59 Å². The number of hydrogen-bond donors (Lipinski definition) is 1. The topological polar surface area (TPSA) is 67.9 Å². The molecule has 3 aliphatic heterocycles. The van der Waals surface area contributed by atoms with Crippen LogP contribution in [-0.4, -0.2) is 48.1 Å². The van der Waals surface area contributed by atoms with Crippen molar-refractivity contribution >= 4 is 11.8 Å². The first-order valence-electron chi connectivity index (χ1n) is 11.0. The number of fused-ring (bicyclic) bond motifs is 1. The van der Waals surface area contributed by atoms with Gasteiger partial charge in [0.15, 0.2) is 0 Å². The Morgan fingerprint density at radius 2 is 2.07 bits per heavy atom. The highest BCUT2D eigenvalue weighted by Crippen LogP contribution is 2.52. The third-order valence-corrected chi connectivity index (χ3v) is 7.50. The SMILES string of the molecule is COc1cccc(C2(NC(=O)[C@@H]3[C@H]4C=C[C@@]5(CN(C(C)C)C(=O)[C@@H]35)O4)CCCC2)c1. The molecule has 1 spiro atoms. The number of hydrogen-bond acceptors (Lipinski definition) is 4. The lowest BCUT2D eigenvalue weighted by atomic mass is 9.76. The monoisotopic (exact) mass is 410 g/mol. The van der Waals surface area contributed by atoms with Crippen molar-refractivity contribution in [2.24, 2.45) is 11.8 Å². The van der Waals surface area contributed by atoms with Crippen LogP contribution < -0.4 is 10.1 Å². The van der Waals surface area contributed by atoms with Gasteiger partial charge in [-0.25, -0.2) is 0 Å². The summed E-state index contributed by atoms with van der Waals surface area (Å²) < 4.78 is 11.7. The number of benzene rings is 1. The molecule has 2 amide bonds. The maximum Gasteiger partial charge on any atom is 0.230 e.